The van der Waals surface area contributed by atoms with Gasteiger partial charge in [-0.2, -0.15) is 0 Å². The number of nitro groups is 1. The molecule has 2 N–H and O–H groups in total. The molecule has 96 valence electrons. The van der Waals surface area contributed by atoms with E-state index < -0.39 is 11.3 Å². The predicted molar refractivity (Wildman–Crippen MR) is 58.6 cm³/mol. The zero-order valence-electron chi connectivity index (χ0n) is 9.13. The number of alkyl halides is 2. The summed E-state index contributed by atoms with van der Waals surface area (Å²) in [6, 6.07) is -0.177. The van der Waals surface area contributed by atoms with Gasteiger partial charge in [0.25, 0.3) is 6.43 Å². The summed E-state index contributed by atoms with van der Waals surface area (Å²) in [5, 5.41) is 10.4. The van der Waals surface area contributed by atoms with Gasteiger partial charge in [-0.05, 0) is 6.42 Å². The zero-order valence-corrected chi connectivity index (χ0v) is 9.13. The Hall–Kier alpha value is -1.57. The van der Waals surface area contributed by atoms with E-state index in [4.69, 9.17) is 5.73 Å². The van der Waals surface area contributed by atoms with Gasteiger partial charge in [-0.15, -0.1) is 0 Å². The highest BCUT2D eigenvalue weighted by Crippen LogP contribution is 2.13. The molecule has 1 saturated heterocycles. The number of hydrogen-bond donors (Lipinski definition) is 1. The molecule has 1 fully saturated rings. The summed E-state index contributed by atoms with van der Waals surface area (Å²) in [6.45, 7) is 0.656. The number of rotatable bonds is 5. The SMILES string of the molecule is NC=C(C=N[C@H]1CCN(CC(F)F)C1)[N+](=O)[O-]. The molecule has 0 radical (unpaired) electrons. The van der Waals surface area contributed by atoms with Gasteiger partial charge in [0.15, 0.2) is 0 Å². The number of nitrogens with zero attached hydrogens (tertiary/aromatic N) is 3. The summed E-state index contributed by atoms with van der Waals surface area (Å²) in [7, 11) is 0. The largest absolute Gasteiger partial charge is 0.399 e. The van der Waals surface area contributed by atoms with Crippen molar-refractivity contribution < 1.29 is 13.7 Å². The van der Waals surface area contributed by atoms with E-state index in [-0.39, 0.29) is 18.3 Å². The number of aliphatic imine (C=N–C) groups is 1. The van der Waals surface area contributed by atoms with Crippen molar-refractivity contribution in [2.75, 3.05) is 19.6 Å². The fourth-order valence-corrected chi connectivity index (χ4v) is 1.63. The molecule has 1 aliphatic rings. The average molecular weight is 248 g/mol. The van der Waals surface area contributed by atoms with Crippen LogP contribution in [0.5, 0.6) is 0 Å². The van der Waals surface area contributed by atoms with Crippen LogP contribution in [0.15, 0.2) is 16.9 Å². The van der Waals surface area contributed by atoms with Gasteiger partial charge in [-0.1, -0.05) is 0 Å². The quantitative estimate of drug-likeness (QED) is 0.435. The molecule has 0 aromatic heterocycles. The van der Waals surface area contributed by atoms with E-state index in [0.717, 1.165) is 12.4 Å². The Morgan fingerprint density at radius 3 is 2.94 bits per heavy atom. The lowest BCUT2D eigenvalue weighted by Crippen LogP contribution is -2.27. The topological polar surface area (TPSA) is 84.8 Å². The van der Waals surface area contributed by atoms with Crippen molar-refractivity contribution in [3.8, 4) is 0 Å². The highest BCUT2D eigenvalue weighted by Gasteiger charge is 2.24. The van der Waals surface area contributed by atoms with Crippen LogP contribution in [0.4, 0.5) is 8.78 Å². The van der Waals surface area contributed by atoms with Crippen LogP contribution in [0.25, 0.3) is 0 Å². The van der Waals surface area contributed by atoms with Crippen molar-refractivity contribution in [3.63, 3.8) is 0 Å². The molecule has 1 atom stereocenters. The molecule has 0 aromatic rings. The number of allylic oxidation sites excluding steroid dienone is 1. The Balaban J connectivity index is 2.44. The van der Waals surface area contributed by atoms with Crippen molar-refractivity contribution in [1.82, 2.24) is 4.90 Å². The van der Waals surface area contributed by atoms with Crippen LogP contribution in [0.1, 0.15) is 6.42 Å². The summed E-state index contributed by atoms with van der Waals surface area (Å²) in [4.78, 5) is 15.3. The van der Waals surface area contributed by atoms with Crippen LogP contribution < -0.4 is 5.73 Å². The third-order valence-corrected chi connectivity index (χ3v) is 2.44. The highest BCUT2D eigenvalue weighted by molar-refractivity contribution is 5.75. The lowest BCUT2D eigenvalue weighted by Gasteiger charge is -2.13. The zero-order chi connectivity index (χ0) is 12.8. The van der Waals surface area contributed by atoms with E-state index in [1.807, 2.05) is 0 Å². The smallest absolute Gasteiger partial charge is 0.302 e. The summed E-state index contributed by atoms with van der Waals surface area (Å²) in [5.74, 6) is 0. The first-order chi connectivity index (χ1) is 8.02. The Morgan fingerprint density at radius 1 is 1.71 bits per heavy atom. The minimum atomic E-state index is -2.36. The molecule has 1 heterocycles. The minimum Gasteiger partial charge on any atom is -0.399 e. The van der Waals surface area contributed by atoms with Gasteiger partial charge in [-0.3, -0.25) is 20.0 Å². The van der Waals surface area contributed by atoms with Crippen LogP contribution in [-0.4, -0.2) is 48.1 Å². The van der Waals surface area contributed by atoms with E-state index in [2.05, 4.69) is 4.99 Å². The Bertz CT molecular complexity index is 333. The molecule has 0 bridgehead atoms. The van der Waals surface area contributed by atoms with Gasteiger partial charge in [0, 0.05) is 13.1 Å². The van der Waals surface area contributed by atoms with E-state index >= 15 is 0 Å². The fraction of sp³-hybridized carbons (Fsp3) is 0.667. The Morgan fingerprint density at radius 2 is 2.41 bits per heavy atom. The molecule has 1 rings (SSSR count). The van der Waals surface area contributed by atoms with Crippen molar-refractivity contribution in [3.05, 3.63) is 22.0 Å². The summed E-state index contributed by atoms with van der Waals surface area (Å²) < 4.78 is 24.2. The second-order valence-corrected chi connectivity index (χ2v) is 3.72. The van der Waals surface area contributed by atoms with Gasteiger partial charge in [0.1, 0.15) is 6.21 Å². The van der Waals surface area contributed by atoms with Gasteiger partial charge in [0.05, 0.1) is 23.7 Å². The monoisotopic (exact) mass is 248 g/mol. The predicted octanol–water partition coefficient (Wildman–Crippen LogP) is 0.473. The average Bonchev–Trinajstić information content (AvgIpc) is 2.65. The molecule has 0 aliphatic carbocycles. The van der Waals surface area contributed by atoms with Crippen LogP contribution in [0.2, 0.25) is 0 Å². The highest BCUT2D eigenvalue weighted by atomic mass is 19.3. The van der Waals surface area contributed by atoms with Crippen molar-refractivity contribution in [2.45, 2.75) is 18.9 Å². The van der Waals surface area contributed by atoms with Crippen LogP contribution >= 0.6 is 0 Å². The van der Waals surface area contributed by atoms with Crippen LogP contribution in [0, 0.1) is 10.1 Å². The van der Waals surface area contributed by atoms with E-state index in [1.165, 1.54) is 0 Å². The maximum Gasteiger partial charge on any atom is 0.302 e. The first-order valence-corrected chi connectivity index (χ1v) is 5.13. The van der Waals surface area contributed by atoms with Gasteiger partial charge >= 0.3 is 5.70 Å². The molecule has 6 nitrogen and oxygen atoms in total. The maximum atomic E-state index is 12.1. The first-order valence-electron chi connectivity index (χ1n) is 5.13. The molecular weight excluding hydrogens is 234 g/mol. The number of halogens is 2. The normalized spacial score (nSPS) is 22.8. The number of likely N-dealkylation sites (tertiary alicyclic amines) is 1. The maximum absolute atomic E-state index is 12.1. The minimum absolute atomic E-state index is 0.177. The molecule has 0 spiro atoms. The fourth-order valence-electron chi connectivity index (χ4n) is 1.63. The van der Waals surface area contributed by atoms with E-state index in [9.17, 15) is 18.9 Å². The lowest BCUT2D eigenvalue weighted by atomic mass is 10.3. The van der Waals surface area contributed by atoms with Crippen molar-refractivity contribution in [1.29, 1.82) is 0 Å². The van der Waals surface area contributed by atoms with Crippen molar-refractivity contribution >= 4 is 6.21 Å². The molecular formula is C9H14F2N4O2. The first kappa shape index (κ1) is 13.5. The number of nitrogens with two attached hydrogens (primary N) is 1. The standard InChI is InChI=1S/C9H14F2N4O2/c10-9(11)6-14-2-1-7(5-14)13-4-8(3-12)15(16)17/h3-4,7,9H,1-2,5-6,12H2/t7-/m0/s1. The Kier molecular flexibility index (Phi) is 4.95. The van der Waals surface area contributed by atoms with E-state index in [1.54, 1.807) is 4.90 Å². The van der Waals surface area contributed by atoms with Crippen LogP contribution in [0.3, 0.4) is 0 Å². The third kappa shape index (κ3) is 4.43. The number of hydrogen-bond acceptors (Lipinski definition) is 5. The second-order valence-electron chi connectivity index (χ2n) is 3.72. The van der Waals surface area contributed by atoms with Gasteiger partial charge < -0.3 is 5.73 Å². The Labute approximate surface area is 96.9 Å². The summed E-state index contributed by atoms with van der Waals surface area (Å²) in [6.07, 6.45) is 0.195. The molecule has 0 aromatic carbocycles. The molecule has 8 heteroatoms. The lowest BCUT2D eigenvalue weighted by molar-refractivity contribution is -0.414. The molecule has 0 amide bonds. The van der Waals surface area contributed by atoms with Crippen molar-refractivity contribution in [2.24, 2.45) is 10.7 Å². The third-order valence-electron chi connectivity index (χ3n) is 2.44. The summed E-state index contributed by atoms with van der Waals surface area (Å²) in [5.41, 5.74) is 4.75. The van der Waals surface area contributed by atoms with Crippen LogP contribution in [-0.2, 0) is 0 Å². The molecule has 0 unspecified atom stereocenters. The summed E-state index contributed by atoms with van der Waals surface area (Å²) >= 11 is 0. The van der Waals surface area contributed by atoms with Gasteiger partial charge in [0.2, 0.25) is 0 Å². The van der Waals surface area contributed by atoms with E-state index in [0.29, 0.717) is 19.5 Å². The molecule has 17 heavy (non-hydrogen) atoms. The second kappa shape index (κ2) is 6.24. The van der Waals surface area contributed by atoms with Gasteiger partial charge in [-0.25, -0.2) is 8.78 Å². The molecule has 0 saturated carbocycles. The molecule has 1 aliphatic heterocycles.